The van der Waals surface area contributed by atoms with Crippen LogP contribution in [0.25, 0.3) is 0 Å². The third-order valence-electron chi connectivity index (χ3n) is 5.05. The van der Waals surface area contributed by atoms with Crippen molar-refractivity contribution in [2.75, 3.05) is 32.7 Å². The van der Waals surface area contributed by atoms with E-state index >= 15 is 0 Å². The van der Waals surface area contributed by atoms with Gasteiger partial charge in [0.05, 0.1) is 6.04 Å². The Labute approximate surface area is 130 Å². The molecular weight excluding hydrogens is 262 g/mol. The molecule has 4 nitrogen and oxygen atoms in total. The molecule has 1 amide bonds. The van der Waals surface area contributed by atoms with E-state index in [2.05, 4.69) is 29.0 Å². The third kappa shape index (κ3) is 4.96. The van der Waals surface area contributed by atoms with Gasteiger partial charge in [-0.1, -0.05) is 12.8 Å². The van der Waals surface area contributed by atoms with Crippen LogP contribution in [0.5, 0.6) is 0 Å². The van der Waals surface area contributed by atoms with Crippen LogP contribution in [0.15, 0.2) is 0 Å². The van der Waals surface area contributed by atoms with Crippen molar-refractivity contribution in [2.45, 2.75) is 65.0 Å². The molecule has 122 valence electrons. The Morgan fingerprint density at radius 1 is 1.10 bits per heavy atom. The summed E-state index contributed by atoms with van der Waals surface area (Å²) < 4.78 is 0. The van der Waals surface area contributed by atoms with Crippen LogP contribution in [0.1, 0.15) is 52.9 Å². The van der Waals surface area contributed by atoms with Gasteiger partial charge in [0.1, 0.15) is 0 Å². The summed E-state index contributed by atoms with van der Waals surface area (Å²) in [6.07, 6.45) is 6.15. The highest BCUT2D eigenvalue weighted by Crippen LogP contribution is 2.18. The topological polar surface area (TPSA) is 35.6 Å². The third-order valence-corrected chi connectivity index (χ3v) is 5.05. The van der Waals surface area contributed by atoms with Gasteiger partial charge < -0.3 is 15.1 Å². The van der Waals surface area contributed by atoms with Crippen molar-refractivity contribution in [3.63, 3.8) is 0 Å². The first-order chi connectivity index (χ1) is 10.1. The molecule has 0 aromatic carbocycles. The van der Waals surface area contributed by atoms with Crippen molar-refractivity contribution < 1.29 is 4.79 Å². The predicted molar refractivity (Wildman–Crippen MR) is 87.3 cm³/mol. The summed E-state index contributed by atoms with van der Waals surface area (Å²) in [6, 6.07) is 0.613. The number of hydrogen-bond acceptors (Lipinski definition) is 3. The van der Waals surface area contributed by atoms with Crippen molar-refractivity contribution in [3.05, 3.63) is 0 Å². The summed E-state index contributed by atoms with van der Waals surface area (Å²) in [5.41, 5.74) is 0. The Morgan fingerprint density at radius 2 is 1.76 bits per heavy atom. The van der Waals surface area contributed by atoms with Crippen molar-refractivity contribution in [1.82, 2.24) is 15.1 Å². The molecule has 4 heteroatoms. The quantitative estimate of drug-likeness (QED) is 0.844. The van der Waals surface area contributed by atoms with Crippen LogP contribution < -0.4 is 5.32 Å². The lowest BCUT2D eigenvalue weighted by Crippen LogP contribution is -2.46. The molecule has 0 spiro atoms. The van der Waals surface area contributed by atoms with Gasteiger partial charge >= 0.3 is 0 Å². The first kappa shape index (κ1) is 16.8. The first-order valence-electron chi connectivity index (χ1n) is 8.84. The Kier molecular flexibility index (Phi) is 6.49. The van der Waals surface area contributed by atoms with Gasteiger partial charge in [-0.05, 0) is 59.0 Å². The molecule has 21 heavy (non-hydrogen) atoms. The maximum absolute atomic E-state index is 12.5. The molecule has 0 aliphatic carbocycles. The van der Waals surface area contributed by atoms with Gasteiger partial charge in [0.15, 0.2) is 0 Å². The molecule has 0 aromatic rings. The normalized spacial score (nSPS) is 26.1. The van der Waals surface area contributed by atoms with E-state index in [1.54, 1.807) is 0 Å². The molecule has 2 fully saturated rings. The number of nitrogens with zero attached hydrogens (tertiary/aromatic N) is 2. The number of hydrogen-bond donors (Lipinski definition) is 1. The highest BCUT2D eigenvalue weighted by Gasteiger charge is 2.26. The number of carbonyl (C=O) groups is 1. The molecule has 0 saturated carbocycles. The summed E-state index contributed by atoms with van der Waals surface area (Å²) in [5, 5.41) is 3.48. The zero-order valence-corrected chi connectivity index (χ0v) is 14.1. The highest BCUT2D eigenvalue weighted by molar-refractivity contribution is 5.81. The standard InChI is InChI=1S/C17H33N3O/c1-14(2)20-11-8-16(13-20)12-18-15(3)17(21)19-9-6-4-5-7-10-19/h14-16,18H,4-13H2,1-3H3. The van der Waals surface area contributed by atoms with Crippen LogP contribution >= 0.6 is 0 Å². The van der Waals surface area contributed by atoms with Crippen molar-refractivity contribution >= 4 is 5.91 Å². The molecule has 0 radical (unpaired) electrons. The molecule has 2 rings (SSSR count). The summed E-state index contributed by atoms with van der Waals surface area (Å²) in [4.78, 5) is 17.1. The van der Waals surface area contributed by atoms with Crippen LogP contribution in [0.2, 0.25) is 0 Å². The van der Waals surface area contributed by atoms with Gasteiger partial charge in [-0.25, -0.2) is 0 Å². The van der Waals surface area contributed by atoms with E-state index in [9.17, 15) is 4.79 Å². The fourth-order valence-corrected chi connectivity index (χ4v) is 3.49. The number of amides is 1. The summed E-state index contributed by atoms with van der Waals surface area (Å²) in [7, 11) is 0. The maximum atomic E-state index is 12.5. The zero-order valence-electron chi connectivity index (χ0n) is 14.1. The van der Waals surface area contributed by atoms with Crippen LogP contribution in [0, 0.1) is 5.92 Å². The lowest BCUT2D eigenvalue weighted by atomic mass is 10.1. The predicted octanol–water partition coefficient (Wildman–Crippen LogP) is 2.10. The maximum Gasteiger partial charge on any atom is 0.239 e. The summed E-state index contributed by atoms with van der Waals surface area (Å²) >= 11 is 0. The number of likely N-dealkylation sites (tertiary alicyclic amines) is 2. The molecule has 2 heterocycles. The lowest BCUT2D eigenvalue weighted by Gasteiger charge is -2.26. The summed E-state index contributed by atoms with van der Waals surface area (Å²) in [5.74, 6) is 1.00. The monoisotopic (exact) mass is 295 g/mol. The molecule has 2 unspecified atom stereocenters. The average Bonchev–Trinajstić information content (AvgIpc) is 2.78. The Hall–Kier alpha value is -0.610. The molecule has 0 aromatic heterocycles. The smallest absolute Gasteiger partial charge is 0.239 e. The van der Waals surface area contributed by atoms with Gasteiger partial charge in [-0.2, -0.15) is 0 Å². The van der Waals surface area contributed by atoms with E-state index in [0.717, 1.165) is 19.6 Å². The second kappa shape index (κ2) is 8.14. The SMILES string of the molecule is CC(NCC1CCN(C(C)C)C1)C(=O)N1CCCCCC1. The van der Waals surface area contributed by atoms with E-state index in [4.69, 9.17) is 0 Å². The Balaban J connectivity index is 1.71. The lowest BCUT2D eigenvalue weighted by molar-refractivity contribution is -0.133. The minimum Gasteiger partial charge on any atom is -0.341 e. The van der Waals surface area contributed by atoms with Crippen molar-refractivity contribution in [3.8, 4) is 0 Å². The van der Waals surface area contributed by atoms with Gasteiger partial charge in [0.2, 0.25) is 5.91 Å². The number of carbonyl (C=O) groups excluding carboxylic acids is 1. The second-order valence-corrected chi connectivity index (χ2v) is 7.11. The van der Waals surface area contributed by atoms with Crippen LogP contribution in [0.4, 0.5) is 0 Å². The molecule has 2 aliphatic rings. The molecule has 2 aliphatic heterocycles. The van der Waals surface area contributed by atoms with Crippen molar-refractivity contribution in [1.29, 1.82) is 0 Å². The molecule has 2 atom stereocenters. The fraction of sp³-hybridized carbons (Fsp3) is 0.941. The number of nitrogens with one attached hydrogen (secondary N) is 1. The fourth-order valence-electron chi connectivity index (χ4n) is 3.49. The van der Waals surface area contributed by atoms with Gasteiger partial charge in [0.25, 0.3) is 0 Å². The van der Waals surface area contributed by atoms with E-state index in [1.165, 1.54) is 45.2 Å². The van der Waals surface area contributed by atoms with Gasteiger partial charge in [0, 0.05) is 25.7 Å². The van der Waals surface area contributed by atoms with E-state index < -0.39 is 0 Å². The molecule has 2 saturated heterocycles. The summed E-state index contributed by atoms with van der Waals surface area (Å²) in [6.45, 7) is 11.8. The van der Waals surface area contributed by atoms with Gasteiger partial charge in [-0.15, -0.1) is 0 Å². The molecule has 0 bridgehead atoms. The average molecular weight is 295 g/mol. The molecule has 1 N–H and O–H groups in total. The minimum absolute atomic E-state index is 0.0313. The van der Waals surface area contributed by atoms with Crippen LogP contribution in [0.3, 0.4) is 0 Å². The van der Waals surface area contributed by atoms with Gasteiger partial charge in [-0.3, -0.25) is 4.79 Å². The number of rotatable bonds is 5. The first-order valence-corrected chi connectivity index (χ1v) is 8.84. The van der Waals surface area contributed by atoms with E-state index in [0.29, 0.717) is 17.9 Å². The molecular formula is C17H33N3O. The second-order valence-electron chi connectivity index (χ2n) is 7.11. The zero-order chi connectivity index (χ0) is 15.2. The minimum atomic E-state index is -0.0313. The van der Waals surface area contributed by atoms with Crippen LogP contribution in [-0.4, -0.2) is 60.5 Å². The largest absolute Gasteiger partial charge is 0.341 e. The van der Waals surface area contributed by atoms with E-state index in [-0.39, 0.29) is 6.04 Å². The Bertz CT molecular complexity index is 324. The van der Waals surface area contributed by atoms with E-state index in [1.807, 2.05) is 6.92 Å². The van der Waals surface area contributed by atoms with Crippen molar-refractivity contribution in [2.24, 2.45) is 5.92 Å². The van der Waals surface area contributed by atoms with Crippen LogP contribution in [-0.2, 0) is 4.79 Å². The Morgan fingerprint density at radius 3 is 2.33 bits per heavy atom. The highest BCUT2D eigenvalue weighted by atomic mass is 16.2.